The maximum absolute atomic E-state index is 13.6. The van der Waals surface area contributed by atoms with Crippen LogP contribution in [-0.4, -0.2) is 34.4 Å². The van der Waals surface area contributed by atoms with E-state index in [1.54, 1.807) is 6.07 Å². The Kier molecular flexibility index (Phi) is 3.97. The van der Waals surface area contributed by atoms with Gasteiger partial charge in [0.1, 0.15) is 5.69 Å². The summed E-state index contributed by atoms with van der Waals surface area (Å²) in [5, 5.41) is 0.934. The Labute approximate surface area is 136 Å². The van der Waals surface area contributed by atoms with Gasteiger partial charge in [0.05, 0.1) is 12.1 Å². The first kappa shape index (κ1) is 15.5. The van der Waals surface area contributed by atoms with Crippen LogP contribution in [-0.2, 0) is 6.54 Å². The third kappa shape index (κ3) is 2.64. The van der Waals surface area contributed by atoms with Crippen LogP contribution in [0.5, 0.6) is 0 Å². The second kappa shape index (κ2) is 5.65. The number of rotatable bonds is 2. The number of hydrogen-bond acceptors (Lipinski definition) is 1. The number of halogens is 3. The summed E-state index contributed by atoms with van der Waals surface area (Å²) < 4.78 is 29.9. The number of para-hydroxylation sites is 1. The van der Waals surface area contributed by atoms with Gasteiger partial charge in [0.2, 0.25) is 0 Å². The Morgan fingerprint density at radius 2 is 2.18 bits per heavy atom. The molecule has 22 heavy (non-hydrogen) atoms. The summed E-state index contributed by atoms with van der Waals surface area (Å²) >= 11 is 3.50. The Hall–Kier alpha value is -1.43. The SMILES string of the molecule is CCn1c(C(=O)N2CCCC(F)(F)C2)cc2cccc(Br)c21. The molecular formula is C16H17BrF2N2O. The molecule has 1 fully saturated rings. The van der Waals surface area contributed by atoms with E-state index in [9.17, 15) is 13.6 Å². The molecule has 0 radical (unpaired) electrons. The monoisotopic (exact) mass is 370 g/mol. The number of aryl methyl sites for hydroxylation is 1. The van der Waals surface area contributed by atoms with Gasteiger partial charge in [-0.05, 0) is 41.4 Å². The van der Waals surface area contributed by atoms with Crippen molar-refractivity contribution in [3.63, 3.8) is 0 Å². The van der Waals surface area contributed by atoms with Gasteiger partial charge in [-0.1, -0.05) is 12.1 Å². The van der Waals surface area contributed by atoms with Gasteiger partial charge in [0.25, 0.3) is 11.8 Å². The summed E-state index contributed by atoms with van der Waals surface area (Å²) in [6, 6.07) is 7.53. The number of benzene rings is 1. The number of fused-ring (bicyclic) bond motifs is 1. The molecule has 2 aromatic rings. The van der Waals surface area contributed by atoms with Gasteiger partial charge < -0.3 is 9.47 Å². The molecule has 3 rings (SSSR count). The van der Waals surface area contributed by atoms with E-state index in [2.05, 4.69) is 15.9 Å². The molecule has 0 bridgehead atoms. The Bertz CT molecular complexity index is 726. The Balaban J connectivity index is 2.02. The molecule has 0 aliphatic carbocycles. The van der Waals surface area contributed by atoms with Crippen LogP contribution in [0.15, 0.2) is 28.7 Å². The highest BCUT2D eigenvalue weighted by Crippen LogP contribution is 2.31. The fourth-order valence-electron chi connectivity index (χ4n) is 3.09. The molecule has 1 aromatic carbocycles. The lowest BCUT2D eigenvalue weighted by molar-refractivity contribution is -0.0562. The van der Waals surface area contributed by atoms with Crippen LogP contribution >= 0.6 is 15.9 Å². The van der Waals surface area contributed by atoms with Crippen molar-refractivity contribution in [1.29, 1.82) is 0 Å². The smallest absolute Gasteiger partial charge is 0.270 e. The van der Waals surface area contributed by atoms with Crippen molar-refractivity contribution in [3.8, 4) is 0 Å². The Morgan fingerprint density at radius 1 is 1.41 bits per heavy atom. The molecule has 2 heterocycles. The predicted molar refractivity (Wildman–Crippen MR) is 85.4 cm³/mol. The minimum Gasteiger partial charge on any atom is -0.336 e. The maximum atomic E-state index is 13.6. The van der Waals surface area contributed by atoms with Crippen LogP contribution in [0.3, 0.4) is 0 Å². The van der Waals surface area contributed by atoms with E-state index in [4.69, 9.17) is 0 Å². The number of likely N-dealkylation sites (tertiary alicyclic amines) is 1. The van der Waals surface area contributed by atoms with Crippen LogP contribution in [0.2, 0.25) is 0 Å². The molecule has 0 N–H and O–H groups in total. The number of alkyl halides is 2. The van der Waals surface area contributed by atoms with Gasteiger partial charge in [-0.15, -0.1) is 0 Å². The first-order valence-electron chi connectivity index (χ1n) is 7.38. The van der Waals surface area contributed by atoms with E-state index in [0.29, 0.717) is 25.2 Å². The first-order chi connectivity index (χ1) is 10.4. The molecule has 1 aromatic heterocycles. The van der Waals surface area contributed by atoms with E-state index in [-0.39, 0.29) is 12.3 Å². The van der Waals surface area contributed by atoms with E-state index in [1.807, 2.05) is 29.7 Å². The molecule has 118 valence electrons. The van der Waals surface area contributed by atoms with Crippen LogP contribution in [0, 0.1) is 0 Å². The molecule has 0 spiro atoms. The van der Waals surface area contributed by atoms with Crippen molar-refractivity contribution in [2.45, 2.75) is 32.2 Å². The zero-order valence-corrected chi connectivity index (χ0v) is 13.9. The van der Waals surface area contributed by atoms with Gasteiger partial charge >= 0.3 is 0 Å². The largest absolute Gasteiger partial charge is 0.336 e. The predicted octanol–water partition coefficient (Wildman–Crippen LogP) is 4.30. The van der Waals surface area contributed by atoms with Crippen molar-refractivity contribution in [2.24, 2.45) is 0 Å². The number of aromatic nitrogens is 1. The second-order valence-corrected chi connectivity index (χ2v) is 6.49. The van der Waals surface area contributed by atoms with Gasteiger partial charge in [0, 0.05) is 29.4 Å². The molecule has 6 heteroatoms. The van der Waals surface area contributed by atoms with Crippen LogP contribution in [0.4, 0.5) is 8.78 Å². The number of nitrogens with zero attached hydrogens (tertiary/aromatic N) is 2. The van der Waals surface area contributed by atoms with Crippen molar-refractivity contribution in [2.75, 3.05) is 13.1 Å². The highest BCUT2D eigenvalue weighted by Gasteiger charge is 2.38. The number of carbonyl (C=O) groups excluding carboxylic acids is 1. The van der Waals surface area contributed by atoms with Crippen LogP contribution in [0.25, 0.3) is 10.9 Å². The highest BCUT2D eigenvalue weighted by molar-refractivity contribution is 9.10. The summed E-state index contributed by atoms with van der Waals surface area (Å²) in [5.41, 5.74) is 1.40. The quantitative estimate of drug-likeness (QED) is 0.773. The molecule has 0 unspecified atom stereocenters. The number of carbonyl (C=O) groups is 1. The zero-order valence-electron chi connectivity index (χ0n) is 12.3. The third-order valence-corrected chi connectivity index (χ3v) is 4.73. The molecule has 1 aliphatic heterocycles. The average Bonchev–Trinajstić information content (AvgIpc) is 2.85. The van der Waals surface area contributed by atoms with Gasteiger partial charge in [-0.25, -0.2) is 8.78 Å². The van der Waals surface area contributed by atoms with Crippen molar-refractivity contribution >= 4 is 32.7 Å². The maximum Gasteiger partial charge on any atom is 0.270 e. The number of piperidine rings is 1. The van der Waals surface area contributed by atoms with Crippen molar-refractivity contribution in [3.05, 3.63) is 34.4 Å². The molecule has 1 amide bonds. The normalized spacial score (nSPS) is 17.9. The van der Waals surface area contributed by atoms with Gasteiger partial charge in [-0.3, -0.25) is 4.79 Å². The Morgan fingerprint density at radius 3 is 2.86 bits per heavy atom. The van der Waals surface area contributed by atoms with Crippen LogP contribution in [0.1, 0.15) is 30.3 Å². The summed E-state index contributed by atoms with van der Waals surface area (Å²) in [7, 11) is 0. The van der Waals surface area contributed by atoms with Crippen LogP contribution < -0.4 is 0 Å². The summed E-state index contributed by atoms with van der Waals surface area (Å²) in [6.45, 7) is 2.46. The van der Waals surface area contributed by atoms with Crippen molar-refractivity contribution < 1.29 is 13.6 Å². The zero-order chi connectivity index (χ0) is 15.9. The standard InChI is InChI=1S/C16H17BrF2N2O/c1-2-21-13(9-11-5-3-6-12(17)14(11)21)15(22)20-8-4-7-16(18,19)10-20/h3,5-6,9H,2,4,7-8,10H2,1H3. The lowest BCUT2D eigenvalue weighted by atomic mass is 10.1. The summed E-state index contributed by atoms with van der Waals surface area (Å²) in [4.78, 5) is 14.0. The summed E-state index contributed by atoms with van der Waals surface area (Å²) in [5.74, 6) is -3.10. The fraction of sp³-hybridized carbons (Fsp3) is 0.438. The third-order valence-electron chi connectivity index (χ3n) is 4.09. The van der Waals surface area contributed by atoms with E-state index < -0.39 is 12.5 Å². The second-order valence-electron chi connectivity index (χ2n) is 5.64. The molecule has 0 atom stereocenters. The average molecular weight is 371 g/mol. The van der Waals surface area contributed by atoms with E-state index in [1.165, 1.54) is 4.90 Å². The highest BCUT2D eigenvalue weighted by atomic mass is 79.9. The molecular weight excluding hydrogens is 354 g/mol. The molecule has 0 saturated carbocycles. The lowest BCUT2D eigenvalue weighted by Crippen LogP contribution is -2.46. The van der Waals surface area contributed by atoms with Gasteiger partial charge in [-0.2, -0.15) is 0 Å². The van der Waals surface area contributed by atoms with Crippen molar-refractivity contribution in [1.82, 2.24) is 9.47 Å². The summed E-state index contributed by atoms with van der Waals surface area (Å²) in [6.07, 6.45) is 0.202. The topological polar surface area (TPSA) is 25.2 Å². The van der Waals surface area contributed by atoms with Gasteiger partial charge in [0.15, 0.2) is 0 Å². The molecule has 1 aliphatic rings. The fourth-order valence-corrected chi connectivity index (χ4v) is 3.68. The van der Waals surface area contributed by atoms with E-state index >= 15 is 0 Å². The molecule has 1 saturated heterocycles. The number of amides is 1. The number of hydrogen-bond donors (Lipinski definition) is 0. The first-order valence-corrected chi connectivity index (χ1v) is 8.17. The minimum atomic E-state index is -2.78. The molecule has 3 nitrogen and oxygen atoms in total. The lowest BCUT2D eigenvalue weighted by Gasteiger charge is -2.32. The minimum absolute atomic E-state index is 0.140. The van der Waals surface area contributed by atoms with E-state index in [0.717, 1.165) is 15.4 Å².